The fourth-order valence-corrected chi connectivity index (χ4v) is 1.63. The highest BCUT2D eigenvalue weighted by Gasteiger charge is 2.01. The summed E-state index contributed by atoms with van der Waals surface area (Å²) in [5.74, 6) is 0. The Balaban J connectivity index is 2.31. The van der Waals surface area contributed by atoms with Gasteiger partial charge in [-0.3, -0.25) is 0 Å². The fraction of sp³-hybridized carbons (Fsp3) is 0.538. The number of nitrogens with two attached hydrogens (primary N) is 2. The van der Waals surface area contributed by atoms with Gasteiger partial charge < -0.3 is 16.8 Å². The second-order valence-corrected chi connectivity index (χ2v) is 4.04. The molecule has 0 spiro atoms. The highest BCUT2D eigenvalue weighted by molar-refractivity contribution is 5.22. The smallest absolute Gasteiger partial charge is 0.0313 e. The molecule has 0 unspecified atom stereocenters. The van der Waals surface area contributed by atoms with Crippen molar-refractivity contribution in [1.29, 1.82) is 0 Å². The van der Waals surface area contributed by atoms with E-state index < -0.39 is 0 Å². The quantitative estimate of drug-likeness (QED) is 0.634. The second-order valence-electron chi connectivity index (χ2n) is 4.04. The lowest BCUT2D eigenvalue weighted by Gasteiger charge is -2.14. The van der Waals surface area contributed by atoms with Crippen molar-refractivity contribution < 1.29 is 0 Å². The molecule has 0 aliphatic heterocycles. The van der Waals surface area contributed by atoms with Crippen LogP contribution in [0.5, 0.6) is 0 Å². The summed E-state index contributed by atoms with van der Waals surface area (Å²) in [7, 11) is 0. The van der Waals surface area contributed by atoms with Gasteiger partial charge in [-0.2, -0.15) is 0 Å². The van der Waals surface area contributed by atoms with Crippen LogP contribution in [0.25, 0.3) is 0 Å². The molecule has 1 aromatic rings. The van der Waals surface area contributed by atoms with E-state index in [-0.39, 0.29) is 6.04 Å². The third kappa shape index (κ3) is 4.31. The Morgan fingerprint density at radius 1 is 1.06 bits per heavy atom. The Bertz CT molecular complexity index is 278. The number of hydrogen-bond acceptors (Lipinski definition) is 3. The van der Waals surface area contributed by atoms with Gasteiger partial charge in [-0.25, -0.2) is 0 Å². The van der Waals surface area contributed by atoms with Crippen LogP contribution in [0.1, 0.15) is 18.1 Å². The van der Waals surface area contributed by atoms with Gasteiger partial charge in [0.1, 0.15) is 0 Å². The minimum atomic E-state index is 0.245. The molecule has 0 fully saturated rings. The van der Waals surface area contributed by atoms with Gasteiger partial charge in [-0.1, -0.05) is 31.2 Å². The number of rotatable bonds is 7. The van der Waals surface area contributed by atoms with Crippen LogP contribution in [0.15, 0.2) is 24.3 Å². The number of benzene rings is 1. The molecule has 16 heavy (non-hydrogen) atoms. The zero-order valence-electron chi connectivity index (χ0n) is 10.1. The monoisotopic (exact) mass is 221 g/mol. The van der Waals surface area contributed by atoms with Crippen LogP contribution in [-0.4, -0.2) is 25.7 Å². The van der Waals surface area contributed by atoms with Crippen molar-refractivity contribution in [2.75, 3.05) is 19.6 Å². The van der Waals surface area contributed by atoms with Crippen molar-refractivity contribution in [2.24, 2.45) is 11.5 Å². The molecule has 0 radical (unpaired) electrons. The molecule has 0 amide bonds. The van der Waals surface area contributed by atoms with E-state index in [0.29, 0.717) is 13.1 Å². The SMILES string of the molecule is CCc1ccc(CCNC(CN)CN)cc1. The topological polar surface area (TPSA) is 64.1 Å². The van der Waals surface area contributed by atoms with Crippen molar-refractivity contribution in [1.82, 2.24) is 5.32 Å². The molecule has 0 saturated heterocycles. The number of aryl methyl sites for hydroxylation is 1. The van der Waals surface area contributed by atoms with Crippen molar-refractivity contribution >= 4 is 0 Å². The second kappa shape index (κ2) is 7.39. The third-order valence-electron chi connectivity index (χ3n) is 2.85. The lowest BCUT2D eigenvalue weighted by atomic mass is 10.1. The van der Waals surface area contributed by atoms with Gasteiger partial charge in [0, 0.05) is 19.1 Å². The van der Waals surface area contributed by atoms with Crippen LogP contribution in [-0.2, 0) is 12.8 Å². The summed E-state index contributed by atoms with van der Waals surface area (Å²) in [6, 6.07) is 9.02. The normalized spacial score (nSPS) is 11.0. The molecule has 0 aliphatic rings. The van der Waals surface area contributed by atoms with E-state index in [0.717, 1.165) is 19.4 Å². The summed E-state index contributed by atoms with van der Waals surface area (Å²) in [6.07, 6.45) is 2.13. The average molecular weight is 221 g/mol. The van der Waals surface area contributed by atoms with Crippen LogP contribution in [0, 0.1) is 0 Å². The minimum Gasteiger partial charge on any atom is -0.329 e. The summed E-state index contributed by atoms with van der Waals surface area (Å²) in [5.41, 5.74) is 13.9. The first kappa shape index (κ1) is 13.2. The summed E-state index contributed by atoms with van der Waals surface area (Å²) in [5, 5.41) is 3.35. The van der Waals surface area contributed by atoms with E-state index in [1.807, 2.05) is 0 Å². The first-order chi connectivity index (χ1) is 7.80. The van der Waals surface area contributed by atoms with E-state index in [4.69, 9.17) is 11.5 Å². The molecule has 5 N–H and O–H groups in total. The predicted molar refractivity (Wildman–Crippen MR) is 69.4 cm³/mol. The van der Waals surface area contributed by atoms with Gasteiger partial charge in [0.2, 0.25) is 0 Å². The van der Waals surface area contributed by atoms with Crippen molar-refractivity contribution in [3.8, 4) is 0 Å². The first-order valence-electron chi connectivity index (χ1n) is 6.01. The molecule has 0 aliphatic carbocycles. The van der Waals surface area contributed by atoms with E-state index in [1.165, 1.54) is 11.1 Å². The van der Waals surface area contributed by atoms with Crippen LogP contribution in [0.3, 0.4) is 0 Å². The lowest BCUT2D eigenvalue weighted by molar-refractivity contribution is 0.530. The van der Waals surface area contributed by atoms with E-state index in [1.54, 1.807) is 0 Å². The zero-order valence-corrected chi connectivity index (χ0v) is 10.1. The Morgan fingerprint density at radius 2 is 1.62 bits per heavy atom. The Kier molecular flexibility index (Phi) is 6.08. The molecule has 0 heterocycles. The molecule has 0 saturated carbocycles. The molecular formula is C13H23N3. The first-order valence-corrected chi connectivity index (χ1v) is 6.01. The standard InChI is InChI=1S/C13H23N3/c1-2-11-3-5-12(6-4-11)7-8-16-13(9-14)10-15/h3-6,13,16H,2,7-10,14-15H2,1H3. The summed E-state index contributed by atoms with van der Waals surface area (Å²) < 4.78 is 0. The van der Waals surface area contributed by atoms with E-state index >= 15 is 0 Å². The van der Waals surface area contributed by atoms with Gasteiger partial charge in [-0.05, 0) is 30.5 Å². The van der Waals surface area contributed by atoms with Gasteiger partial charge in [-0.15, -0.1) is 0 Å². The summed E-state index contributed by atoms with van der Waals surface area (Å²) >= 11 is 0. The average Bonchev–Trinajstić information content (AvgIpc) is 2.35. The fourth-order valence-electron chi connectivity index (χ4n) is 1.63. The van der Waals surface area contributed by atoms with Crippen molar-refractivity contribution in [3.63, 3.8) is 0 Å². The van der Waals surface area contributed by atoms with Gasteiger partial charge in [0.25, 0.3) is 0 Å². The van der Waals surface area contributed by atoms with Crippen molar-refractivity contribution in [3.05, 3.63) is 35.4 Å². The van der Waals surface area contributed by atoms with Gasteiger partial charge in [0.15, 0.2) is 0 Å². The molecule has 1 rings (SSSR count). The van der Waals surface area contributed by atoms with Crippen LogP contribution < -0.4 is 16.8 Å². The minimum absolute atomic E-state index is 0.245. The predicted octanol–water partition coefficient (Wildman–Crippen LogP) is 0.667. The maximum atomic E-state index is 5.56. The van der Waals surface area contributed by atoms with Crippen LogP contribution in [0.2, 0.25) is 0 Å². The summed E-state index contributed by atoms with van der Waals surface area (Å²) in [4.78, 5) is 0. The summed E-state index contributed by atoms with van der Waals surface area (Å²) in [6.45, 7) is 4.31. The highest BCUT2D eigenvalue weighted by atomic mass is 14.9. The number of hydrogen-bond donors (Lipinski definition) is 3. The maximum absolute atomic E-state index is 5.56. The molecular weight excluding hydrogens is 198 g/mol. The van der Waals surface area contributed by atoms with Crippen LogP contribution >= 0.6 is 0 Å². The Hall–Kier alpha value is -0.900. The van der Waals surface area contributed by atoms with Gasteiger partial charge >= 0.3 is 0 Å². The van der Waals surface area contributed by atoms with E-state index in [2.05, 4.69) is 36.5 Å². The highest BCUT2D eigenvalue weighted by Crippen LogP contribution is 2.05. The van der Waals surface area contributed by atoms with E-state index in [9.17, 15) is 0 Å². The Labute approximate surface area is 98.2 Å². The van der Waals surface area contributed by atoms with Gasteiger partial charge in [0.05, 0.1) is 0 Å². The molecule has 3 heteroatoms. The molecule has 3 nitrogen and oxygen atoms in total. The molecule has 0 atom stereocenters. The third-order valence-corrected chi connectivity index (χ3v) is 2.85. The number of nitrogens with one attached hydrogen (secondary N) is 1. The Morgan fingerprint density at radius 3 is 2.12 bits per heavy atom. The maximum Gasteiger partial charge on any atom is 0.0313 e. The zero-order chi connectivity index (χ0) is 11.8. The van der Waals surface area contributed by atoms with Crippen LogP contribution in [0.4, 0.5) is 0 Å². The largest absolute Gasteiger partial charge is 0.329 e. The molecule has 0 aromatic heterocycles. The molecule has 1 aromatic carbocycles. The molecule has 0 bridgehead atoms. The van der Waals surface area contributed by atoms with Crippen molar-refractivity contribution in [2.45, 2.75) is 25.8 Å². The molecule has 90 valence electrons. The lowest BCUT2D eigenvalue weighted by Crippen LogP contribution is -2.42.